The lowest BCUT2D eigenvalue weighted by Gasteiger charge is -2.09. The molecule has 1 atom stereocenters. The maximum Gasteiger partial charge on any atom is 0.118 e. The van der Waals surface area contributed by atoms with Gasteiger partial charge in [0.2, 0.25) is 0 Å². The van der Waals surface area contributed by atoms with Crippen LogP contribution in [0.4, 0.5) is 0 Å². The van der Waals surface area contributed by atoms with Crippen LogP contribution in [0.5, 0.6) is 5.75 Å². The van der Waals surface area contributed by atoms with Crippen LogP contribution in [0, 0.1) is 0 Å². The fraction of sp³-hybridized carbons (Fsp3) is 0.444. The molecule has 1 aromatic heterocycles. The first kappa shape index (κ1) is 15.0. The van der Waals surface area contributed by atoms with Crippen molar-refractivity contribution in [2.24, 2.45) is 0 Å². The number of aromatic nitrogens is 2. The minimum atomic E-state index is 0.659. The number of aryl methyl sites for hydroxylation is 1. The Kier molecular flexibility index (Phi) is 5.01. The van der Waals surface area contributed by atoms with Gasteiger partial charge in [-0.2, -0.15) is 0 Å². The summed E-state index contributed by atoms with van der Waals surface area (Å²) in [4.78, 5) is 9.10. The highest BCUT2D eigenvalue weighted by Crippen LogP contribution is 2.15. The van der Waals surface area contributed by atoms with Crippen molar-refractivity contribution in [3.05, 3.63) is 53.6 Å². The van der Waals surface area contributed by atoms with E-state index in [2.05, 4.69) is 22.4 Å². The first-order valence-electron chi connectivity index (χ1n) is 7.99. The summed E-state index contributed by atoms with van der Waals surface area (Å²) in [6, 6.07) is 8.79. The summed E-state index contributed by atoms with van der Waals surface area (Å²) in [5.74, 6) is 0.882. The van der Waals surface area contributed by atoms with E-state index >= 15 is 0 Å². The Bertz CT molecular complexity index is 592. The molecule has 1 fully saturated rings. The van der Waals surface area contributed by atoms with Crippen molar-refractivity contribution in [1.82, 2.24) is 15.3 Å². The molecular weight excluding hydrogens is 274 g/mol. The van der Waals surface area contributed by atoms with E-state index in [1.807, 2.05) is 24.5 Å². The smallest absolute Gasteiger partial charge is 0.118 e. The van der Waals surface area contributed by atoms with E-state index in [1.165, 1.54) is 18.4 Å². The van der Waals surface area contributed by atoms with Crippen LogP contribution in [-0.2, 0) is 12.8 Å². The summed E-state index contributed by atoms with van der Waals surface area (Å²) >= 11 is 0. The summed E-state index contributed by atoms with van der Waals surface area (Å²) in [6.45, 7) is 1.16. The van der Waals surface area contributed by atoms with Crippen LogP contribution in [0.15, 0.2) is 36.7 Å². The summed E-state index contributed by atoms with van der Waals surface area (Å²) < 4.78 is 5.19. The fourth-order valence-electron chi connectivity index (χ4n) is 2.93. The molecule has 1 aromatic carbocycles. The number of rotatable bonds is 6. The van der Waals surface area contributed by atoms with Gasteiger partial charge in [0.05, 0.1) is 18.5 Å². The number of nitrogens with zero attached hydrogens (tertiary/aromatic N) is 2. The van der Waals surface area contributed by atoms with Gasteiger partial charge >= 0.3 is 0 Å². The Balaban J connectivity index is 1.59. The fourth-order valence-corrected chi connectivity index (χ4v) is 2.93. The van der Waals surface area contributed by atoms with E-state index in [0.29, 0.717) is 6.04 Å². The SMILES string of the molecule is COc1ccc(Cc2cncc(CCC3CCCN3)n2)cc1. The summed E-state index contributed by atoms with van der Waals surface area (Å²) in [6.07, 6.45) is 9.31. The molecule has 0 spiro atoms. The van der Waals surface area contributed by atoms with Crippen molar-refractivity contribution in [3.63, 3.8) is 0 Å². The lowest BCUT2D eigenvalue weighted by Crippen LogP contribution is -2.21. The molecule has 1 saturated heterocycles. The van der Waals surface area contributed by atoms with Gasteiger partial charge in [-0.25, -0.2) is 0 Å². The normalized spacial score (nSPS) is 17.6. The Morgan fingerprint density at radius 2 is 2.00 bits per heavy atom. The van der Waals surface area contributed by atoms with Crippen LogP contribution in [0.3, 0.4) is 0 Å². The molecule has 2 aromatic rings. The number of methoxy groups -OCH3 is 1. The van der Waals surface area contributed by atoms with Gasteiger partial charge in [0, 0.05) is 24.9 Å². The van der Waals surface area contributed by atoms with Crippen LogP contribution in [0.1, 0.15) is 36.2 Å². The van der Waals surface area contributed by atoms with Gasteiger partial charge in [0.15, 0.2) is 0 Å². The highest BCUT2D eigenvalue weighted by molar-refractivity contribution is 5.29. The summed E-state index contributed by atoms with van der Waals surface area (Å²) in [7, 11) is 1.68. The molecular formula is C18H23N3O. The zero-order valence-corrected chi connectivity index (χ0v) is 13.1. The first-order valence-corrected chi connectivity index (χ1v) is 7.99. The first-order chi connectivity index (χ1) is 10.8. The van der Waals surface area contributed by atoms with E-state index < -0.39 is 0 Å². The Hall–Kier alpha value is -1.94. The third-order valence-electron chi connectivity index (χ3n) is 4.19. The van der Waals surface area contributed by atoms with Gasteiger partial charge in [0.25, 0.3) is 0 Å². The van der Waals surface area contributed by atoms with Crippen LogP contribution < -0.4 is 10.1 Å². The van der Waals surface area contributed by atoms with Gasteiger partial charge in [-0.15, -0.1) is 0 Å². The van der Waals surface area contributed by atoms with Crippen molar-refractivity contribution < 1.29 is 4.74 Å². The quantitative estimate of drug-likeness (QED) is 0.890. The second-order valence-corrected chi connectivity index (χ2v) is 5.86. The number of nitrogens with one attached hydrogen (secondary N) is 1. The Morgan fingerprint density at radius 3 is 2.73 bits per heavy atom. The summed E-state index contributed by atoms with van der Waals surface area (Å²) in [5.41, 5.74) is 3.35. The Labute approximate surface area is 132 Å². The van der Waals surface area contributed by atoms with Gasteiger partial charge in [-0.05, 0) is 49.9 Å². The molecule has 1 aliphatic rings. The molecule has 3 rings (SSSR count). The molecule has 0 amide bonds. The predicted octanol–water partition coefficient (Wildman–Crippen LogP) is 2.76. The highest BCUT2D eigenvalue weighted by atomic mass is 16.5. The van der Waals surface area contributed by atoms with Gasteiger partial charge < -0.3 is 10.1 Å². The minimum absolute atomic E-state index is 0.659. The maximum atomic E-state index is 5.19. The van der Waals surface area contributed by atoms with Crippen molar-refractivity contribution >= 4 is 0 Å². The molecule has 22 heavy (non-hydrogen) atoms. The molecule has 0 bridgehead atoms. The van der Waals surface area contributed by atoms with Crippen molar-refractivity contribution in [3.8, 4) is 5.75 Å². The summed E-state index contributed by atoms with van der Waals surface area (Å²) in [5, 5.41) is 3.53. The number of hydrogen-bond acceptors (Lipinski definition) is 4. The third kappa shape index (κ3) is 4.04. The predicted molar refractivity (Wildman–Crippen MR) is 87.2 cm³/mol. The Morgan fingerprint density at radius 1 is 1.18 bits per heavy atom. The van der Waals surface area contributed by atoms with E-state index in [9.17, 15) is 0 Å². The van der Waals surface area contributed by atoms with Crippen molar-refractivity contribution in [2.45, 2.75) is 38.1 Å². The van der Waals surface area contributed by atoms with E-state index in [-0.39, 0.29) is 0 Å². The van der Waals surface area contributed by atoms with Gasteiger partial charge in [-0.3, -0.25) is 9.97 Å². The molecule has 0 saturated carbocycles. The average molecular weight is 297 g/mol. The van der Waals surface area contributed by atoms with Crippen molar-refractivity contribution in [1.29, 1.82) is 0 Å². The molecule has 1 N–H and O–H groups in total. The lowest BCUT2D eigenvalue weighted by molar-refractivity contribution is 0.414. The zero-order chi connectivity index (χ0) is 15.2. The second kappa shape index (κ2) is 7.36. The molecule has 0 aliphatic carbocycles. The van der Waals surface area contributed by atoms with Gasteiger partial charge in [-0.1, -0.05) is 12.1 Å². The monoisotopic (exact) mass is 297 g/mol. The largest absolute Gasteiger partial charge is 0.497 e. The van der Waals surface area contributed by atoms with E-state index in [4.69, 9.17) is 9.72 Å². The number of ether oxygens (including phenoxy) is 1. The molecule has 2 heterocycles. The minimum Gasteiger partial charge on any atom is -0.497 e. The van der Waals surface area contributed by atoms with Crippen LogP contribution in [-0.4, -0.2) is 29.7 Å². The van der Waals surface area contributed by atoms with E-state index in [1.54, 1.807) is 7.11 Å². The second-order valence-electron chi connectivity index (χ2n) is 5.86. The number of hydrogen-bond donors (Lipinski definition) is 1. The highest BCUT2D eigenvalue weighted by Gasteiger charge is 2.14. The topological polar surface area (TPSA) is 47.0 Å². The maximum absolute atomic E-state index is 5.19. The zero-order valence-electron chi connectivity index (χ0n) is 13.1. The standard InChI is InChI=1S/C18H23N3O/c1-22-18-8-4-14(5-9-18)11-17-13-19-12-16(21-17)7-6-15-3-2-10-20-15/h4-5,8-9,12-13,15,20H,2-3,6-7,10-11H2,1H3. The number of benzene rings is 1. The molecule has 0 radical (unpaired) electrons. The van der Waals surface area contributed by atoms with Crippen LogP contribution in [0.25, 0.3) is 0 Å². The third-order valence-corrected chi connectivity index (χ3v) is 4.19. The van der Waals surface area contributed by atoms with Crippen molar-refractivity contribution in [2.75, 3.05) is 13.7 Å². The average Bonchev–Trinajstić information content (AvgIpc) is 3.08. The molecule has 116 valence electrons. The molecule has 4 nitrogen and oxygen atoms in total. The molecule has 1 aliphatic heterocycles. The van der Waals surface area contributed by atoms with Crippen LogP contribution >= 0.6 is 0 Å². The van der Waals surface area contributed by atoms with Crippen LogP contribution in [0.2, 0.25) is 0 Å². The molecule has 4 heteroatoms. The van der Waals surface area contributed by atoms with E-state index in [0.717, 1.165) is 42.9 Å². The molecule has 1 unspecified atom stereocenters. The lowest BCUT2D eigenvalue weighted by atomic mass is 10.1. The van der Waals surface area contributed by atoms with Gasteiger partial charge in [0.1, 0.15) is 5.75 Å².